The standard InChI is InChI=1S/C17H26N2OS/c1-12(2)16(17(20)19-9-7-18-8-10-19)21-15-6-5-13(3)11-14(15)4/h5-6,11-12,16,18H,7-10H2,1-4H3. The Morgan fingerprint density at radius 1 is 1.24 bits per heavy atom. The molecule has 1 saturated heterocycles. The van der Waals surface area contributed by atoms with Crippen molar-refractivity contribution in [2.75, 3.05) is 26.2 Å². The van der Waals surface area contributed by atoms with Crippen molar-refractivity contribution in [3.8, 4) is 0 Å². The highest BCUT2D eigenvalue weighted by atomic mass is 32.2. The molecule has 4 heteroatoms. The van der Waals surface area contributed by atoms with Gasteiger partial charge in [0.1, 0.15) is 0 Å². The Morgan fingerprint density at radius 2 is 1.90 bits per heavy atom. The lowest BCUT2D eigenvalue weighted by Crippen LogP contribution is -2.50. The van der Waals surface area contributed by atoms with Crippen LogP contribution in [0, 0.1) is 19.8 Å². The van der Waals surface area contributed by atoms with E-state index in [1.54, 1.807) is 11.8 Å². The molecule has 116 valence electrons. The first-order valence-corrected chi connectivity index (χ1v) is 8.60. The van der Waals surface area contributed by atoms with Crippen molar-refractivity contribution in [1.82, 2.24) is 10.2 Å². The topological polar surface area (TPSA) is 32.3 Å². The molecule has 3 nitrogen and oxygen atoms in total. The Hall–Kier alpha value is -1.00. The van der Waals surface area contributed by atoms with Gasteiger partial charge >= 0.3 is 0 Å². The molecule has 0 bridgehead atoms. The highest BCUT2D eigenvalue weighted by Crippen LogP contribution is 2.32. The van der Waals surface area contributed by atoms with E-state index in [2.05, 4.69) is 51.2 Å². The first-order chi connectivity index (χ1) is 9.99. The number of amides is 1. The zero-order valence-corrected chi connectivity index (χ0v) is 14.3. The van der Waals surface area contributed by atoms with Crippen molar-refractivity contribution >= 4 is 17.7 Å². The first kappa shape index (κ1) is 16.4. The van der Waals surface area contributed by atoms with Crippen LogP contribution in [0.5, 0.6) is 0 Å². The van der Waals surface area contributed by atoms with Crippen LogP contribution in [-0.4, -0.2) is 42.2 Å². The maximum atomic E-state index is 12.8. The van der Waals surface area contributed by atoms with Crippen molar-refractivity contribution in [2.24, 2.45) is 5.92 Å². The second-order valence-electron chi connectivity index (χ2n) is 6.13. The molecule has 0 aliphatic carbocycles. The number of rotatable bonds is 4. The average molecular weight is 306 g/mol. The number of carbonyl (C=O) groups is 1. The van der Waals surface area contributed by atoms with Gasteiger partial charge < -0.3 is 10.2 Å². The first-order valence-electron chi connectivity index (χ1n) is 7.72. The minimum absolute atomic E-state index is 0.00417. The molecule has 1 amide bonds. The number of piperazine rings is 1. The van der Waals surface area contributed by atoms with Gasteiger partial charge in [0.25, 0.3) is 0 Å². The van der Waals surface area contributed by atoms with E-state index in [1.165, 1.54) is 16.0 Å². The Labute approximate surface area is 132 Å². The molecule has 0 radical (unpaired) electrons. The highest BCUT2D eigenvalue weighted by Gasteiger charge is 2.29. The zero-order valence-electron chi connectivity index (χ0n) is 13.5. The van der Waals surface area contributed by atoms with Crippen LogP contribution in [0.3, 0.4) is 0 Å². The SMILES string of the molecule is Cc1ccc(SC(C(=O)N2CCNCC2)C(C)C)c(C)c1. The Kier molecular flexibility index (Phi) is 5.71. The van der Waals surface area contributed by atoms with Crippen LogP contribution < -0.4 is 5.32 Å². The summed E-state index contributed by atoms with van der Waals surface area (Å²) in [6.45, 7) is 12.0. The summed E-state index contributed by atoms with van der Waals surface area (Å²) >= 11 is 1.72. The molecule has 1 aromatic rings. The van der Waals surface area contributed by atoms with Gasteiger partial charge in [-0.1, -0.05) is 31.5 Å². The lowest BCUT2D eigenvalue weighted by atomic mass is 10.1. The number of nitrogens with one attached hydrogen (secondary N) is 1. The van der Waals surface area contributed by atoms with Crippen molar-refractivity contribution in [3.05, 3.63) is 29.3 Å². The molecule has 1 aliphatic heterocycles. The fourth-order valence-electron chi connectivity index (χ4n) is 2.61. The maximum absolute atomic E-state index is 12.8. The largest absolute Gasteiger partial charge is 0.339 e. The summed E-state index contributed by atoms with van der Waals surface area (Å²) in [4.78, 5) is 16.0. The molecule has 2 rings (SSSR count). The summed E-state index contributed by atoms with van der Waals surface area (Å²) in [5.74, 6) is 0.620. The molecular weight excluding hydrogens is 280 g/mol. The summed E-state index contributed by atoms with van der Waals surface area (Å²) in [7, 11) is 0. The molecule has 21 heavy (non-hydrogen) atoms. The van der Waals surface area contributed by atoms with Crippen molar-refractivity contribution in [2.45, 2.75) is 37.8 Å². The molecule has 1 atom stereocenters. The lowest BCUT2D eigenvalue weighted by molar-refractivity contribution is -0.131. The van der Waals surface area contributed by atoms with Crippen molar-refractivity contribution < 1.29 is 4.79 Å². The van der Waals surface area contributed by atoms with Crippen LogP contribution in [0.4, 0.5) is 0 Å². The predicted molar refractivity (Wildman–Crippen MR) is 89.8 cm³/mol. The molecule has 0 aromatic heterocycles. The van der Waals surface area contributed by atoms with Crippen LogP contribution >= 0.6 is 11.8 Å². The number of thioether (sulfide) groups is 1. The van der Waals surface area contributed by atoms with Gasteiger partial charge in [0.05, 0.1) is 5.25 Å². The number of benzene rings is 1. The van der Waals surface area contributed by atoms with Crippen LogP contribution in [-0.2, 0) is 4.79 Å². The summed E-state index contributed by atoms with van der Waals surface area (Å²) in [6.07, 6.45) is 0. The van der Waals surface area contributed by atoms with E-state index in [-0.39, 0.29) is 11.2 Å². The normalized spacial score (nSPS) is 17.1. The molecule has 1 fully saturated rings. The number of hydrogen-bond donors (Lipinski definition) is 1. The Balaban J connectivity index is 2.13. The van der Waals surface area contributed by atoms with Crippen LogP contribution in [0.15, 0.2) is 23.1 Å². The van der Waals surface area contributed by atoms with Gasteiger partial charge in [-0.05, 0) is 31.4 Å². The van der Waals surface area contributed by atoms with E-state index >= 15 is 0 Å². The zero-order chi connectivity index (χ0) is 15.4. The Bertz CT molecular complexity index is 496. The summed E-state index contributed by atoms with van der Waals surface area (Å²) in [5.41, 5.74) is 2.53. The molecule has 1 aliphatic rings. The molecule has 0 spiro atoms. The van der Waals surface area contributed by atoms with E-state index in [9.17, 15) is 4.79 Å². The number of aryl methyl sites for hydroxylation is 2. The molecule has 1 aromatic carbocycles. The highest BCUT2D eigenvalue weighted by molar-refractivity contribution is 8.00. The van der Waals surface area contributed by atoms with E-state index in [0.717, 1.165) is 26.2 Å². The third-order valence-corrected chi connectivity index (χ3v) is 5.57. The molecule has 0 saturated carbocycles. The van der Waals surface area contributed by atoms with Gasteiger partial charge in [0, 0.05) is 31.1 Å². The quantitative estimate of drug-likeness (QED) is 0.868. The smallest absolute Gasteiger partial charge is 0.236 e. The van der Waals surface area contributed by atoms with Gasteiger partial charge in [0.2, 0.25) is 5.91 Å². The predicted octanol–water partition coefficient (Wildman–Crippen LogP) is 2.85. The van der Waals surface area contributed by atoms with E-state index in [1.807, 2.05) is 4.90 Å². The van der Waals surface area contributed by atoms with Gasteiger partial charge in [-0.3, -0.25) is 4.79 Å². The fraction of sp³-hybridized carbons (Fsp3) is 0.588. The van der Waals surface area contributed by atoms with Crippen molar-refractivity contribution in [3.63, 3.8) is 0 Å². The number of hydrogen-bond acceptors (Lipinski definition) is 3. The van der Waals surface area contributed by atoms with E-state index < -0.39 is 0 Å². The van der Waals surface area contributed by atoms with Gasteiger partial charge in [-0.25, -0.2) is 0 Å². The monoisotopic (exact) mass is 306 g/mol. The summed E-state index contributed by atoms with van der Waals surface area (Å²) in [6, 6.07) is 6.47. The number of carbonyl (C=O) groups excluding carboxylic acids is 1. The minimum atomic E-state index is 0.00417. The maximum Gasteiger partial charge on any atom is 0.236 e. The average Bonchev–Trinajstić information content (AvgIpc) is 2.46. The van der Waals surface area contributed by atoms with Crippen LogP contribution in [0.25, 0.3) is 0 Å². The third kappa shape index (κ3) is 4.24. The van der Waals surface area contributed by atoms with Gasteiger partial charge in [-0.2, -0.15) is 0 Å². The lowest BCUT2D eigenvalue weighted by Gasteiger charge is -2.32. The van der Waals surface area contributed by atoms with Crippen LogP contribution in [0.1, 0.15) is 25.0 Å². The molecule has 1 unspecified atom stereocenters. The second-order valence-corrected chi connectivity index (χ2v) is 7.31. The van der Waals surface area contributed by atoms with Crippen LogP contribution in [0.2, 0.25) is 0 Å². The minimum Gasteiger partial charge on any atom is -0.339 e. The Morgan fingerprint density at radius 3 is 2.48 bits per heavy atom. The fourth-order valence-corrected chi connectivity index (χ4v) is 3.79. The van der Waals surface area contributed by atoms with Crippen molar-refractivity contribution in [1.29, 1.82) is 0 Å². The summed E-state index contributed by atoms with van der Waals surface area (Å²) in [5, 5.41) is 3.31. The van der Waals surface area contributed by atoms with E-state index in [4.69, 9.17) is 0 Å². The molecular formula is C17H26N2OS. The van der Waals surface area contributed by atoms with E-state index in [0.29, 0.717) is 5.92 Å². The van der Waals surface area contributed by atoms with Gasteiger partial charge in [0.15, 0.2) is 0 Å². The summed E-state index contributed by atoms with van der Waals surface area (Å²) < 4.78 is 0. The van der Waals surface area contributed by atoms with Gasteiger partial charge in [-0.15, -0.1) is 11.8 Å². The number of nitrogens with zero attached hydrogens (tertiary/aromatic N) is 1. The third-order valence-electron chi connectivity index (χ3n) is 3.86. The second kappa shape index (κ2) is 7.32. The molecule has 1 N–H and O–H groups in total. The molecule has 1 heterocycles.